The Bertz CT molecular complexity index is 406. The largest absolute Gasteiger partial charge is 0.481 e. The van der Waals surface area contributed by atoms with E-state index in [4.69, 9.17) is 5.11 Å². The first-order chi connectivity index (χ1) is 8.18. The molecular weight excluding hydrogens is 216 g/mol. The summed E-state index contributed by atoms with van der Waals surface area (Å²) >= 11 is 0. The topological polar surface area (TPSA) is 52.6 Å². The summed E-state index contributed by atoms with van der Waals surface area (Å²) in [7, 11) is 0. The summed E-state index contributed by atoms with van der Waals surface area (Å²) < 4.78 is 0. The molecule has 2 rings (SSSR count). The average molecular weight is 234 g/mol. The fourth-order valence-corrected chi connectivity index (χ4v) is 2.35. The van der Waals surface area contributed by atoms with Gasteiger partial charge in [0.1, 0.15) is 0 Å². The van der Waals surface area contributed by atoms with Gasteiger partial charge in [0, 0.05) is 25.3 Å². The molecule has 0 aliphatic carbocycles. The van der Waals surface area contributed by atoms with Crippen LogP contribution in [0.25, 0.3) is 0 Å². The molecule has 4 nitrogen and oxygen atoms in total. The molecule has 0 saturated carbocycles. The van der Waals surface area contributed by atoms with Crippen LogP contribution in [0.2, 0.25) is 0 Å². The van der Waals surface area contributed by atoms with E-state index in [9.17, 15) is 4.79 Å². The number of rotatable bonds is 3. The Morgan fingerprint density at radius 3 is 3.00 bits per heavy atom. The van der Waals surface area contributed by atoms with Gasteiger partial charge in [0.15, 0.2) is 0 Å². The van der Waals surface area contributed by atoms with Crippen molar-refractivity contribution < 1.29 is 9.90 Å². The summed E-state index contributed by atoms with van der Waals surface area (Å²) in [4.78, 5) is 13.1. The molecule has 1 fully saturated rings. The first-order valence-corrected chi connectivity index (χ1v) is 5.93. The second-order valence-corrected chi connectivity index (χ2v) is 4.44. The molecule has 1 saturated heterocycles. The normalized spacial score (nSPS) is 20.3. The van der Waals surface area contributed by atoms with E-state index in [1.807, 2.05) is 12.1 Å². The molecule has 1 atom stereocenters. The molecule has 1 unspecified atom stereocenters. The number of hydrogen-bond acceptors (Lipinski definition) is 3. The van der Waals surface area contributed by atoms with Gasteiger partial charge < -0.3 is 15.3 Å². The summed E-state index contributed by atoms with van der Waals surface area (Å²) in [5, 5.41) is 12.2. The van der Waals surface area contributed by atoms with Gasteiger partial charge in [-0.05, 0) is 18.6 Å². The zero-order valence-electron chi connectivity index (χ0n) is 10.0. The molecule has 1 aromatic carbocycles. The molecular formula is C13H18N2O2. The Morgan fingerprint density at radius 2 is 2.29 bits per heavy atom. The van der Waals surface area contributed by atoms with Gasteiger partial charge in [0.05, 0.1) is 12.5 Å². The van der Waals surface area contributed by atoms with Crippen LogP contribution in [0.1, 0.15) is 12.0 Å². The van der Waals surface area contributed by atoms with Gasteiger partial charge in [-0.1, -0.05) is 18.2 Å². The number of para-hydroxylation sites is 1. The molecule has 0 bridgehead atoms. The molecule has 92 valence electrons. The minimum Gasteiger partial charge on any atom is -0.481 e. The van der Waals surface area contributed by atoms with Crippen molar-refractivity contribution >= 4 is 11.7 Å². The maximum atomic E-state index is 10.9. The Kier molecular flexibility index (Phi) is 3.64. The summed E-state index contributed by atoms with van der Waals surface area (Å²) in [5.41, 5.74) is 2.35. The van der Waals surface area contributed by atoms with Crippen molar-refractivity contribution in [3.8, 4) is 0 Å². The molecule has 1 aromatic rings. The number of anilines is 1. The maximum absolute atomic E-state index is 10.9. The lowest BCUT2D eigenvalue weighted by atomic mass is 10.1. The van der Waals surface area contributed by atoms with E-state index in [-0.39, 0.29) is 12.5 Å². The van der Waals surface area contributed by atoms with E-state index in [1.165, 1.54) is 5.56 Å². The number of hydrogen-bond donors (Lipinski definition) is 2. The lowest BCUT2D eigenvalue weighted by Gasteiger charge is -2.38. The predicted octanol–water partition coefficient (Wildman–Crippen LogP) is 1.25. The van der Waals surface area contributed by atoms with Crippen LogP contribution in [-0.2, 0) is 4.79 Å². The van der Waals surface area contributed by atoms with Crippen LogP contribution in [0, 0.1) is 6.92 Å². The van der Waals surface area contributed by atoms with E-state index in [2.05, 4.69) is 29.3 Å². The van der Waals surface area contributed by atoms with Crippen molar-refractivity contribution in [1.29, 1.82) is 0 Å². The van der Waals surface area contributed by atoms with Gasteiger partial charge in [-0.3, -0.25) is 4.79 Å². The zero-order chi connectivity index (χ0) is 12.3. The number of piperazine rings is 1. The van der Waals surface area contributed by atoms with Gasteiger partial charge in [-0.2, -0.15) is 0 Å². The molecule has 2 N–H and O–H groups in total. The van der Waals surface area contributed by atoms with Crippen molar-refractivity contribution in [1.82, 2.24) is 5.32 Å². The van der Waals surface area contributed by atoms with Crippen LogP contribution < -0.4 is 10.2 Å². The van der Waals surface area contributed by atoms with Crippen molar-refractivity contribution in [3.63, 3.8) is 0 Å². The standard InChI is InChI=1S/C13H18N2O2/c1-10-4-2-3-5-12(10)15-7-6-14-9-11(15)8-13(16)17/h2-5,11,14H,6-9H2,1H3,(H,16,17). The third-order valence-electron chi connectivity index (χ3n) is 3.19. The van der Waals surface area contributed by atoms with Crippen LogP contribution in [0.15, 0.2) is 24.3 Å². The Morgan fingerprint density at radius 1 is 1.53 bits per heavy atom. The van der Waals surface area contributed by atoms with Gasteiger partial charge in [0.25, 0.3) is 0 Å². The minimum atomic E-state index is -0.739. The molecule has 17 heavy (non-hydrogen) atoms. The van der Waals surface area contributed by atoms with Gasteiger partial charge in [0.2, 0.25) is 0 Å². The lowest BCUT2D eigenvalue weighted by molar-refractivity contribution is -0.137. The number of carbonyl (C=O) groups is 1. The maximum Gasteiger partial charge on any atom is 0.305 e. The molecule has 0 spiro atoms. The molecule has 1 aliphatic heterocycles. The zero-order valence-corrected chi connectivity index (χ0v) is 10.0. The number of carboxylic acids is 1. The Labute approximate surface area is 101 Å². The molecule has 0 aromatic heterocycles. The number of aliphatic carboxylic acids is 1. The highest BCUT2D eigenvalue weighted by Gasteiger charge is 2.25. The van der Waals surface area contributed by atoms with Crippen LogP contribution in [0.5, 0.6) is 0 Å². The molecule has 0 amide bonds. The fourth-order valence-electron chi connectivity index (χ4n) is 2.35. The second kappa shape index (κ2) is 5.19. The highest BCUT2D eigenvalue weighted by Crippen LogP contribution is 2.23. The van der Waals surface area contributed by atoms with E-state index in [0.29, 0.717) is 0 Å². The first kappa shape index (κ1) is 11.9. The third-order valence-corrected chi connectivity index (χ3v) is 3.19. The van der Waals surface area contributed by atoms with E-state index < -0.39 is 5.97 Å². The summed E-state index contributed by atoms with van der Waals surface area (Å²) in [6.45, 7) is 4.57. The highest BCUT2D eigenvalue weighted by atomic mass is 16.4. The summed E-state index contributed by atoms with van der Waals surface area (Å²) in [6.07, 6.45) is 0.182. The number of nitrogens with zero attached hydrogens (tertiary/aromatic N) is 1. The van der Waals surface area contributed by atoms with E-state index in [1.54, 1.807) is 0 Å². The van der Waals surface area contributed by atoms with Crippen LogP contribution in [0.4, 0.5) is 5.69 Å². The number of nitrogens with one attached hydrogen (secondary N) is 1. The molecule has 0 radical (unpaired) electrons. The Hall–Kier alpha value is -1.55. The SMILES string of the molecule is Cc1ccccc1N1CCNCC1CC(=O)O. The summed E-state index contributed by atoms with van der Waals surface area (Å²) in [6, 6.07) is 8.18. The predicted molar refractivity (Wildman–Crippen MR) is 67.4 cm³/mol. The third kappa shape index (κ3) is 2.77. The van der Waals surface area contributed by atoms with E-state index >= 15 is 0 Å². The lowest BCUT2D eigenvalue weighted by Crippen LogP contribution is -2.52. The van der Waals surface area contributed by atoms with Crippen molar-refractivity contribution in [2.24, 2.45) is 0 Å². The van der Waals surface area contributed by atoms with E-state index in [0.717, 1.165) is 25.3 Å². The fraction of sp³-hybridized carbons (Fsp3) is 0.462. The first-order valence-electron chi connectivity index (χ1n) is 5.93. The molecule has 4 heteroatoms. The number of benzene rings is 1. The van der Waals surface area contributed by atoms with Crippen LogP contribution in [-0.4, -0.2) is 36.8 Å². The highest BCUT2D eigenvalue weighted by molar-refractivity contribution is 5.69. The number of aryl methyl sites for hydroxylation is 1. The Balaban J connectivity index is 2.21. The van der Waals surface area contributed by atoms with Crippen molar-refractivity contribution in [3.05, 3.63) is 29.8 Å². The second-order valence-electron chi connectivity index (χ2n) is 4.44. The molecule has 1 aliphatic rings. The molecule has 1 heterocycles. The minimum absolute atomic E-state index is 0.0438. The van der Waals surface area contributed by atoms with Gasteiger partial charge in [-0.15, -0.1) is 0 Å². The quantitative estimate of drug-likeness (QED) is 0.826. The van der Waals surface area contributed by atoms with Crippen molar-refractivity contribution in [2.75, 3.05) is 24.5 Å². The smallest absolute Gasteiger partial charge is 0.305 e. The average Bonchev–Trinajstić information content (AvgIpc) is 2.30. The van der Waals surface area contributed by atoms with Crippen molar-refractivity contribution in [2.45, 2.75) is 19.4 Å². The van der Waals surface area contributed by atoms with Gasteiger partial charge >= 0.3 is 5.97 Å². The van der Waals surface area contributed by atoms with Crippen LogP contribution in [0.3, 0.4) is 0 Å². The number of carboxylic acid groups (broad SMARTS) is 1. The van der Waals surface area contributed by atoms with Gasteiger partial charge in [-0.25, -0.2) is 0 Å². The summed E-state index contributed by atoms with van der Waals surface area (Å²) in [5.74, 6) is -0.739. The monoisotopic (exact) mass is 234 g/mol. The van der Waals surface area contributed by atoms with Crippen LogP contribution >= 0.6 is 0 Å².